The van der Waals surface area contributed by atoms with Crippen LogP contribution in [0, 0.1) is 5.82 Å². The molecule has 0 N–H and O–H groups in total. The molecule has 0 amide bonds. The molecular weight excluding hydrogens is 339 g/mol. The first-order valence-electron chi connectivity index (χ1n) is 10.3. The van der Waals surface area contributed by atoms with E-state index in [0.29, 0.717) is 17.1 Å². The van der Waals surface area contributed by atoms with Crippen molar-refractivity contribution in [1.29, 1.82) is 0 Å². The summed E-state index contributed by atoms with van der Waals surface area (Å²) in [5, 5.41) is 0.526. The van der Waals surface area contributed by atoms with Crippen LogP contribution in [-0.2, 0) is 0 Å². The Balaban J connectivity index is 1.50. The maximum atomic E-state index is 14.8. The molecule has 4 rings (SSSR count). The minimum absolute atomic E-state index is 0.0825. The van der Waals surface area contributed by atoms with Gasteiger partial charge in [-0.3, -0.25) is 0 Å². The molecule has 2 aliphatic carbocycles. The first-order chi connectivity index (χ1) is 12.7. The van der Waals surface area contributed by atoms with Crippen LogP contribution in [0.2, 0.25) is 0 Å². The van der Waals surface area contributed by atoms with Crippen LogP contribution in [0.15, 0.2) is 42.5 Å². The van der Waals surface area contributed by atoms with E-state index in [4.69, 9.17) is 0 Å². The van der Waals surface area contributed by atoms with Crippen LogP contribution in [-0.4, -0.2) is 5.25 Å². The van der Waals surface area contributed by atoms with E-state index in [0.717, 1.165) is 42.4 Å². The Morgan fingerprint density at radius 3 is 1.96 bits per heavy atom. The maximum absolute atomic E-state index is 14.8. The monoisotopic (exact) mass is 368 g/mol. The van der Waals surface area contributed by atoms with Crippen molar-refractivity contribution in [1.82, 2.24) is 0 Å². The lowest BCUT2D eigenvalue weighted by molar-refractivity contribution is 0.443. The summed E-state index contributed by atoms with van der Waals surface area (Å²) in [7, 11) is 0. The van der Waals surface area contributed by atoms with E-state index < -0.39 is 0 Å². The molecule has 138 valence electrons. The van der Waals surface area contributed by atoms with E-state index in [1.54, 1.807) is 6.07 Å². The first-order valence-corrected chi connectivity index (χ1v) is 10.8. The van der Waals surface area contributed by atoms with E-state index in [9.17, 15) is 4.39 Å². The summed E-state index contributed by atoms with van der Waals surface area (Å²) in [5.74, 6) is 1.11. The minimum Gasteiger partial charge on any atom is -0.206 e. The Morgan fingerprint density at radius 2 is 1.31 bits per heavy atom. The summed E-state index contributed by atoms with van der Waals surface area (Å²) in [5.41, 5.74) is 4.30. The molecule has 26 heavy (non-hydrogen) atoms. The Bertz CT molecular complexity index is 722. The quantitative estimate of drug-likeness (QED) is 0.533. The standard InChI is InChI=1S/C24H29FS/c25-24-16-21(19-10-13-22(26)14-11-19)12-15-23(24)20-8-6-18(7-9-20)17-4-2-1-3-5-17/h6-9,12,15-17,19,22,26H,1-5,10-11,13-14H2. The average molecular weight is 369 g/mol. The minimum atomic E-state index is -0.0825. The fraction of sp³-hybridized carbons (Fsp3) is 0.500. The van der Waals surface area contributed by atoms with Crippen molar-refractivity contribution in [3.63, 3.8) is 0 Å². The lowest BCUT2D eigenvalue weighted by Gasteiger charge is -2.26. The van der Waals surface area contributed by atoms with Crippen LogP contribution in [0.5, 0.6) is 0 Å². The molecule has 0 aromatic heterocycles. The molecule has 2 aliphatic rings. The number of hydrogen-bond acceptors (Lipinski definition) is 1. The summed E-state index contributed by atoms with van der Waals surface area (Å²) in [6, 6.07) is 14.5. The van der Waals surface area contributed by atoms with Crippen LogP contribution in [0.4, 0.5) is 4.39 Å². The Labute approximate surface area is 162 Å². The Hall–Kier alpha value is -1.28. The van der Waals surface area contributed by atoms with Gasteiger partial charge in [0.15, 0.2) is 0 Å². The molecule has 0 aliphatic heterocycles. The predicted octanol–water partition coefficient (Wildman–Crippen LogP) is 7.50. The van der Waals surface area contributed by atoms with Crippen molar-refractivity contribution < 1.29 is 4.39 Å². The van der Waals surface area contributed by atoms with Gasteiger partial charge in [0.2, 0.25) is 0 Å². The van der Waals surface area contributed by atoms with Crippen LogP contribution < -0.4 is 0 Å². The largest absolute Gasteiger partial charge is 0.206 e. The molecule has 0 unspecified atom stereocenters. The van der Waals surface area contributed by atoms with Gasteiger partial charge in [-0.15, -0.1) is 0 Å². The predicted molar refractivity (Wildman–Crippen MR) is 112 cm³/mol. The molecule has 0 spiro atoms. The summed E-state index contributed by atoms with van der Waals surface area (Å²) < 4.78 is 14.8. The van der Waals surface area contributed by atoms with Crippen LogP contribution in [0.1, 0.15) is 80.8 Å². The fourth-order valence-corrected chi connectivity index (χ4v) is 5.10. The number of benzene rings is 2. The van der Waals surface area contributed by atoms with Crippen molar-refractivity contribution in [2.45, 2.75) is 74.9 Å². The summed E-state index contributed by atoms with van der Waals surface area (Å²) in [4.78, 5) is 0. The molecule has 0 saturated heterocycles. The average Bonchev–Trinajstić information content (AvgIpc) is 2.69. The van der Waals surface area contributed by atoms with Gasteiger partial charge in [-0.2, -0.15) is 12.6 Å². The third kappa shape index (κ3) is 4.01. The zero-order chi connectivity index (χ0) is 17.9. The van der Waals surface area contributed by atoms with Gasteiger partial charge in [0.25, 0.3) is 0 Å². The fourth-order valence-electron chi connectivity index (χ4n) is 4.80. The Kier molecular flexibility index (Phi) is 5.69. The van der Waals surface area contributed by atoms with Gasteiger partial charge in [-0.05, 0) is 73.1 Å². The molecule has 0 bridgehead atoms. The molecule has 2 saturated carbocycles. The van der Waals surface area contributed by atoms with Crippen molar-refractivity contribution in [3.8, 4) is 11.1 Å². The van der Waals surface area contributed by atoms with Gasteiger partial charge in [0.1, 0.15) is 5.82 Å². The molecule has 0 heterocycles. The second kappa shape index (κ2) is 8.17. The van der Waals surface area contributed by atoms with Crippen molar-refractivity contribution >= 4 is 12.6 Å². The van der Waals surface area contributed by atoms with E-state index in [1.807, 2.05) is 6.07 Å². The zero-order valence-electron chi connectivity index (χ0n) is 15.5. The summed E-state index contributed by atoms with van der Waals surface area (Å²) >= 11 is 4.57. The molecule has 2 aromatic rings. The lowest BCUT2D eigenvalue weighted by Crippen LogP contribution is -2.13. The van der Waals surface area contributed by atoms with Crippen LogP contribution in [0.3, 0.4) is 0 Å². The molecule has 0 radical (unpaired) electrons. The second-order valence-corrected chi connectivity index (χ2v) is 8.93. The third-order valence-electron chi connectivity index (χ3n) is 6.46. The lowest BCUT2D eigenvalue weighted by atomic mass is 9.82. The second-order valence-electron chi connectivity index (χ2n) is 8.20. The van der Waals surface area contributed by atoms with Gasteiger partial charge >= 0.3 is 0 Å². The molecule has 2 heteroatoms. The third-order valence-corrected chi connectivity index (χ3v) is 6.98. The van der Waals surface area contributed by atoms with E-state index in [-0.39, 0.29) is 5.82 Å². The molecule has 2 aromatic carbocycles. The van der Waals surface area contributed by atoms with Gasteiger partial charge in [-0.25, -0.2) is 4.39 Å². The first kappa shape index (κ1) is 18.1. The van der Waals surface area contributed by atoms with E-state index in [2.05, 4.69) is 43.0 Å². The van der Waals surface area contributed by atoms with E-state index in [1.165, 1.54) is 37.7 Å². The SMILES string of the molecule is Fc1cc(C2CCC(S)CC2)ccc1-c1ccc(C2CCCCC2)cc1. The van der Waals surface area contributed by atoms with Crippen molar-refractivity contribution in [3.05, 3.63) is 59.4 Å². The molecule has 2 fully saturated rings. The van der Waals surface area contributed by atoms with Gasteiger partial charge in [-0.1, -0.05) is 55.7 Å². The van der Waals surface area contributed by atoms with Crippen LogP contribution >= 0.6 is 12.6 Å². The maximum Gasteiger partial charge on any atom is 0.131 e. The topological polar surface area (TPSA) is 0 Å². The summed E-state index contributed by atoms with van der Waals surface area (Å²) in [6.07, 6.45) is 11.2. The molecule has 0 nitrogen and oxygen atoms in total. The summed E-state index contributed by atoms with van der Waals surface area (Å²) in [6.45, 7) is 0. The highest BCUT2D eigenvalue weighted by Gasteiger charge is 2.21. The molecular formula is C24H29FS. The molecule has 0 atom stereocenters. The van der Waals surface area contributed by atoms with Gasteiger partial charge in [0, 0.05) is 10.8 Å². The smallest absolute Gasteiger partial charge is 0.131 e. The van der Waals surface area contributed by atoms with Crippen LogP contribution in [0.25, 0.3) is 11.1 Å². The zero-order valence-corrected chi connectivity index (χ0v) is 16.4. The number of rotatable bonds is 3. The highest BCUT2D eigenvalue weighted by Crippen LogP contribution is 2.37. The number of thiol groups is 1. The van der Waals surface area contributed by atoms with Gasteiger partial charge in [0.05, 0.1) is 0 Å². The highest BCUT2D eigenvalue weighted by atomic mass is 32.1. The van der Waals surface area contributed by atoms with Crippen molar-refractivity contribution in [2.75, 3.05) is 0 Å². The van der Waals surface area contributed by atoms with E-state index >= 15 is 0 Å². The highest BCUT2D eigenvalue weighted by molar-refractivity contribution is 7.80. The normalized spacial score (nSPS) is 24.5. The van der Waals surface area contributed by atoms with Gasteiger partial charge < -0.3 is 0 Å². The Morgan fingerprint density at radius 1 is 0.692 bits per heavy atom. The number of halogens is 1. The number of hydrogen-bond donors (Lipinski definition) is 1. The van der Waals surface area contributed by atoms with Crippen molar-refractivity contribution in [2.24, 2.45) is 0 Å².